The smallest absolute Gasteiger partial charge is 0.0800 e. The summed E-state index contributed by atoms with van der Waals surface area (Å²) in [6.45, 7) is 0. The van der Waals surface area contributed by atoms with Crippen molar-refractivity contribution in [2.45, 2.75) is 31.5 Å². The second kappa shape index (κ2) is 6.53. The van der Waals surface area contributed by atoms with Gasteiger partial charge in [0, 0.05) is 6.42 Å². The second-order valence-corrected chi connectivity index (χ2v) is 5.34. The summed E-state index contributed by atoms with van der Waals surface area (Å²) in [6, 6.07) is 21.2. The van der Waals surface area contributed by atoms with Crippen LogP contribution in [0, 0.1) is 0 Å². The first-order valence-corrected chi connectivity index (χ1v) is 7.30. The predicted octanol–water partition coefficient (Wildman–Crippen LogP) is 4.19. The van der Waals surface area contributed by atoms with Crippen LogP contribution in [0.15, 0.2) is 72.8 Å². The van der Waals surface area contributed by atoms with E-state index in [9.17, 15) is 0 Å². The average molecular weight is 264 g/mol. The van der Waals surface area contributed by atoms with Crippen LogP contribution in [0.1, 0.15) is 17.5 Å². The molecule has 2 aromatic rings. The molecule has 0 amide bonds. The highest BCUT2D eigenvalue weighted by molar-refractivity contribution is 5.19. The van der Waals surface area contributed by atoms with Crippen molar-refractivity contribution in [3.05, 3.63) is 83.9 Å². The third-order valence-electron chi connectivity index (χ3n) is 3.70. The Hall–Kier alpha value is -1.86. The Morgan fingerprint density at radius 2 is 1.40 bits per heavy atom. The van der Waals surface area contributed by atoms with E-state index in [1.165, 1.54) is 11.1 Å². The monoisotopic (exact) mass is 264 g/mol. The standard InChI is InChI=1S/C19H20O/c1-3-8-16(9-4-1)14-18-12-7-13-19(20-18)15-17-10-5-2-6-11-17/h1-12,18-19H,13-15H2/t18-,19+/m0/s1. The highest BCUT2D eigenvalue weighted by atomic mass is 16.5. The molecule has 0 unspecified atom stereocenters. The lowest BCUT2D eigenvalue weighted by Gasteiger charge is -2.26. The molecule has 0 bridgehead atoms. The molecule has 1 aliphatic rings. The summed E-state index contributed by atoms with van der Waals surface area (Å²) >= 11 is 0. The van der Waals surface area contributed by atoms with Crippen LogP contribution >= 0.6 is 0 Å². The first kappa shape index (κ1) is 13.1. The summed E-state index contributed by atoms with van der Waals surface area (Å²) in [5.74, 6) is 0. The van der Waals surface area contributed by atoms with Crippen molar-refractivity contribution in [3.63, 3.8) is 0 Å². The Kier molecular flexibility index (Phi) is 4.29. The largest absolute Gasteiger partial charge is 0.370 e. The zero-order chi connectivity index (χ0) is 13.6. The molecule has 1 heterocycles. The first-order valence-electron chi connectivity index (χ1n) is 7.30. The maximum atomic E-state index is 6.21. The summed E-state index contributed by atoms with van der Waals surface area (Å²) < 4.78 is 6.21. The van der Waals surface area contributed by atoms with Crippen molar-refractivity contribution in [1.29, 1.82) is 0 Å². The van der Waals surface area contributed by atoms with Crippen LogP contribution in [0.25, 0.3) is 0 Å². The van der Waals surface area contributed by atoms with Crippen LogP contribution in [-0.4, -0.2) is 12.2 Å². The predicted molar refractivity (Wildman–Crippen MR) is 82.7 cm³/mol. The summed E-state index contributed by atoms with van der Waals surface area (Å²) in [6.07, 6.45) is 7.95. The Labute approximate surface area is 120 Å². The van der Waals surface area contributed by atoms with Crippen molar-refractivity contribution in [3.8, 4) is 0 Å². The fourth-order valence-corrected chi connectivity index (χ4v) is 2.70. The van der Waals surface area contributed by atoms with E-state index >= 15 is 0 Å². The lowest BCUT2D eigenvalue weighted by atomic mass is 10.0. The average Bonchev–Trinajstić information content (AvgIpc) is 2.50. The van der Waals surface area contributed by atoms with Crippen LogP contribution in [0.5, 0.6) is 0 Å². The van der Waals surface area contributed by atoms with Crippen LogP contribution in [0.4, 0.5) is 0 Å². The Morgan fingerprint density at radius 3 is 2.05 bits per heavy atom. The normalized spacial score (nSPS) is 21.8. The van der Waals surface area contributed by atoms with E-state index in [1.54, 1.807) is 0 Å². The Balaban J connectivity index is 1.59. The van der Waals surface area contributed by atoms with Gasteiger partial charge in [0.05, 0.1) is 12.2 Å². The summed E-state index contributed by atoms with van der Waals surface area (Å²) in [5, 5.41) is 0. The molecule has 1 nitrogen and oxygen atoms in total. The Morgan fingerprint density at radius 1 is 0.800 bits per heavy atom. The SMILES string of the molecule is C1=C[C@@H](Cc2ccccc2)O[C@@H](Cc2ccccc2)C1. The van der Waals surface area contributed by atoms with Crippen molar-refractivity contribution in [2.75, 3.05) is 0 Å². The molecule has 0 aliphatic carbocycles. The molecular formula is C19H20O. The van der Waals surface area contributed by atoms with Crippen LogP contribution in [0.3, 0.4) is 0 Å². The fraction of sp³-hybridized carbons (Fsp3) is 0.263. The van der Waals surface area contributed by atoms with Crippen molar-refractivity contribution in [2.24, 2.45) is 0 Å². The van der Waals surface area contributed by atoms with Gasteiger partial charge in [0.15, 0.2) is 0 Å². The van der Waals surface area contributed by atoms with Gasteiger partial charge in [-0.05, 0) is 24.0 Å². The molecule has 1 heteroatoms. The van der Waals surface area contributed by atoms with Gasteiger partial charge in [-0.3, -0.25) is 0 Å². The first-order chi connectivity index (χ1) is 9.90. The summed E-state index contributed by atoms with van der Waals surface area (Å²) in [5.41, 5.74) is 2.69. The number of hydrogen-bond acceptors (Lipinski definition) is 1. The van der Waals surface area contributed by atoms with Gasteiger partial charge in [-0.25, -0.2) is 0 Å². The van der Waals surface area contributed by atoms with Crippen LogP contribution in [-0.2, 0) is 17.6 Å². The topological polar surface area (TPSA) is 9.23 Å². The quantitative estimate of drug-likeness (QED) is 0.753. The molecule has 1 aliphatic heterocycles. The number of hydrogen-bond donors (Lipinski definition) is 0. The van der Waals surface area contributed by atoms with E-state index in [4.69, 9.17) is 4.74 Å². The lowest BCUT2D eigenvalue weighted by molar-refractivity contribution is 0.00727. The number of rotatable bonds is 4. The maximum Gasteiger partial charge on any atom is 0.0800 e. The molecule has 2 aromatic carbocycles. The van der Waals surface area contributed by atoms with Gasteiger partial charge in [-0.1, -0.05) is 72.8 Å². The van der Waals surface area contributed by atoms with Gasteiger partial charge >= 0.3 is 0 Å². The second-order valence-electron chi connectivity index (χ2n) is 5.34. The minimum atomic E-state index is 0.208. The van der Waals surface area contributed by atoms with E-state index in [2.05, 4.69) is 72.8 Å². The van der Waals surface area contributed by atoms with Crippen LogP contribution in [0.2, 0.25) is 0 Å². The Bertz CT molecular complexity index is 544. The molecule has 102 valence electrons. The minimum Gasteiger partial charge on any atom is -0.370 e. The molecule has 0 aromatic heterocycles. The third-order valence-corrected chi connectivity index (χ3v) is 3.70. The van der Waals surface area contributed by atoms with E-state index in [-0.39, 0.29) is 6.10 Å². The highest BCUT2D eigenvalue weighted by Gasteiger charge is 2.18. The molecule has 0 spiro atoms. The van der Waals surface area contributed by atoms with E-state index in [1.807, 2.05) is 0 Å². The van der Waals surface area contributed by atoms with Gasteiger partial charge in [-0.15, -0.1) is 0 Å². The molecule has 3 rings (SSSR count). The van der Waals surface area contributed by atoms with Gasteiger partial charge in [-0.2, -0.15) is 0 Å². The molecule has 0 saturated heterocycles. The number of benzene rings is 2. The van der Waals surface area contributed by atoms with Crippen molar-refractivity contribution >= 4 is 0 Å². The molecule has 0 fully saturated rings. The van der Waals surface area contributed by atoms with Gasteiger partial charge in [0.2, 0.25) is 0 Å². The summed E-state index contributed by atoms with van der Waals surface area (Å²) in [4.78, 5) is 0. The lowest BCUT2D eigenvalue weighted by Crippen LogP contribution is -2.27. The molecule has 2 atom stereocenters. The zero-order valence-electron chi connectivity index (χ0n) is 11.6. The fourth-order valence-electron chi connectivity index (χ4n) is 2.70. The molecule has 0 saturated carbocycles. The molecule has 0 radical (unpaired) electrons. The van der Waals surface area contributed by atoms with Gasteiger partial charge in [0.25, 0.3) is 0 Å². The van der Waals surface area contributed by atoms with Gasteiger partial charge < -0.3 is 4.74 Å². The van der Waals surface area contributed by atoms with Gasteiger partial charge in [0.1, 0.15) is 0 Å². The molecular weight excluding hydrogens is 244 g/mol. The van der Waals surface area contributed by atoms with Crippen molar-refractivity contribution < 1.29 is 4.74 Å². The molecule has 20 heavy (non-hydrogen) atoms. The maximum absolute atomic E-state index is 6.21. The van der Waals surface area contributed by atoms with Crippen molar-refractivity contribution in [1.82, 2.24) is 0 Å². The van der Waals surface area contributed by atoms with E-state index in [0.717, 1.165) is 19.3 Å². The van der Waals surface area contributed by atoms with E-state index in [0.29, 0.717) is 6.10 Å². The van der Waals surface area contributed by atoms with Crippen LogP contribution < -0.4 is 0 Å². The summed E-state index contributed by atoms with van der Waals surface area (Å²) in [7, 11) is 0. The third kappa shape index (κ3) is 3.58. The van der Waals surface area contributed by atoms with E-state index < -0.39 is 0 Å². The minimum absolute atomic E-state index is 0.208. The zero-order valence-corrected chi connectivity index (χ0v) is 11.6. The highest BCUT2D eigenvalue weighted by Crippen LogP contribution is 2.19. The molecule has 0 N–H and O–H groups in total. The number of ether oxygens (including phenoxy) is 1.